The standard InChI is InChI=1S/C13H17N9O2/c1-20-4-6-21(7-5-20)11-3-2-10(8-12(11)22(23)24)9-14-15-13-16-18-19-17-13/h2-3,8-9H,4-7H2,1H3,(H2,15,16,17,18,19). The predicted molar refractivity (Wildman–Crippen MR) is 88.2 cm³/mol. The molecule has 2 N–H and O–H groups in total. The van der Waals surface area contributed by atoms with E-state index in [0.717, 1.165) is 26.2 Å². The third kappa shape index (κ3) is 3.63. The molecule has 126 valence electrons. The number of hydrazone groups is 1. The van der Waals surface area contributed by atoms with Gasteiger partial charge in [0.15, 0.2) is 0 Å². The van der Waals surface area contributed by atoms with Gasteiger partial charge in [0.2, 0.25) is 0 Å². The Morgan fingerprint density at radius 2 is 2.17 bits per heavy atom. The molecule has 1 fully saturated rings. The summed E-state index contributed by atoms with van der Waals surface area (Å²) in [5.74, 6) is 0.217. The number of anilines is 2. The maximum atomic E-state index is 11.4. The van der Waals surface area contributed by atoms with E-state index in [2.05, 4.69) is 36.1 Å². The van der Waals surface area contributed by atoms with E-state index in [-0.39, 0.29) is 16.6 Å². The smallest absolute Gasteiger partial charge is 0.293 e. The first-order valence-corrected chi connectivity index (χ1v) is 7.38. The minimum Gasteiger partial charge on any atom is -0.363 e. The van der Waals surface area contributed by atoms with Crippen molar-refractivity contribution in [2.75, 3.05) is 43.6 Å². The van der Waals surface area contributed by atoms with Crippen molar-refractivity contribution in [2.45, 2.75) is 0 Å². The van der Waals surface area contributed by atoms with Crippen LogP contribution in [0.3, 0.4) is 0 Å². The molecule has 0 aliphatic carbocycles. The van der Waals surface area contributed by atoms with Crippen LogP contribution in [0.25, 0.3) is 0 Å². The van der Waals surface area contributed by atoms with E-state index in [9.17, 15) is 10.1 Å². The average Bonchev–Trinajstić information content (AvgIpc) is 3.09. The number of nitro benzene ring substituents is 1. The molecule has 0 radical (unpaired) electrons. The van der Waals surface area contributed by atoms with E-state index in [0.29, 0.717) is 11.3 Å². The number of likely N-dealkylation sites (N-methyl/N-ethyl adjacent to an activating group) is 1. The number of H-pyrrole nitrogens is 1. The summed E-state index contributed by atoms with van der Waals surface area (Å²) in [5.41, 5.74) is 3.89. The number of nitrogens with one attached hydrogen (secondary N) is 2. The zero-order chi connectivity index (χ0) is 16.9. The van der Waals surface area contributed by atoms with E-state index in [1.54, 1.807) is 12.1 Å². The van der Waals surface area contributed by atoms with Crippen molar-refractivity contribution in [3.63, 3.8) is 0 Å². The summed E-state index contributed by atoms with van der Waals surface area (Å²) >= 11 is 0. The summed E-state index contributed by atoms with van der Waals surface area (Å²) in [5, 5.41) is 28.4. The Hall–Kier alpha value is -3.08. The zero-order valence-corrected chi connectivity index (χ0v) is 13.1. The normalized spacial score (nSPS) is 15.8. The number of aromatic amines is 1. The van der Waals surface area contributed by atoms with E-state index >= 15 is 0 Å². The molecule has 1 saturated heterocycles. The molecule has 0 bridgehead atoms. The first-order valence-electron chi connectivity index (χ1n) is 7.38. The van der Waals surface area contributed by atoms with Crippen molar-refractivity contribution < 1.29 is 4.92 Å². The molecule has 24 heavy (non-hydrogen) atoms. The molecule has 11 heteroatoms. The monoisotopic (exact) mass is 331 g/mol. The zero-order valence-electron chi connectivity index (χ0n) is 13.1. The second-order valence-corrected chi connectivity index (χ2v) is 5.40. The Kier molecular flexibility index (Phi) is 4.61. The third-order valence-electron chi connectivity index (χ3n) is 3.76. The summed E-state index contributed by atoms with van der Waals surface area (Å²) in [4.78, 5) is 15.3. The van der Waals surface area contributed by atoms with Crippen LogP contribution in [0.15, 0.2) is 23.3 Å². The van der Waals surface area contributed by atoms with E-state index in [4.69, 9.17) is 0 Å². The summed E-state index contributed by atoms with van der Waals surface area (Å²) < 4.78 is 0. The quantitative estimate of drug-likeness (QED) is 0.455. The average molecular weight is 331 g/mol. The van der Waals surface area contributed by atoms with Crippen molar-refractivity contribution >= 4 is 23.5 Å². The van der Waals surface area contributed by atoms with Crippen LogP contribution in [-0.2, 0) is 0 Å². The number of hydrogen-bond acceptors (Lipinski definition) is 9. The molecule has 1 aromatic heterocycles. The molecule has 11 nitrogen and oxygen atoms in total. The number of rotatable bonds is 5. The van der Waals surface area contributed by atoms with Gasteiger partial charge in [-0.2, -0.15) is 10.3 Å². The highest BCUT2D eigenvalue weighted by molar-refractivity contribution is 5.83. The lowest BCUT2D eigenvalue weighted by Gasteiger charge is -2.33. The summed E-state index contributed by atoms with van der Waals surface area (Å²) in [6.07, 6.45) is 1.47. The molecular weight excluding hydrogens is 314 g/mol. The van der Waals surface area contributed by atoms with E-state index in [1.807, 2.05) is 11.9 Å². The topological polar surface area (TPSA) is 128 Å². The molecule has 0 atom stereocenters. The van der Waals surface area contributed by atoms with Crippen molar-refractivity contribution in [2.24, 2.45) is 5.10 Å². The van der Waals surface area contributed by atoms with E-state index < -0.39 is 0 Å². The molecule has 0 saturated carbocycles. The van der Waals surface area contributed by atoms with Crippen LogP contribution in [0, 0.1) is 10.1 Å². The molecule has 1 aliphatic heterocycles. The van der Waals surface area contributed by atoms with Gasteiger partial charge in [0, 0.05) is 37.8 Å². The van der Waals surface area contributed by atoms with Crippen LogP contribution < -0.4 is 10.3 Å². The van der Waals surface area contributed by atoms with Gasteiger partial charge in [-0.05, 0) is 18.3 Å². The number of aromatic nitrogens is 4. The van der Waals surface area contributed by atoms with Gasteiger partial charge < -0.3 is 9.80 Å². The fourth-order valence-electron chi connectivity index (χ4n) is 2.46. The van der Waals surface area contributed by atoms with Gasteiger partial charge in [0.1, 0.15) is 5.69 Å². The Bertz CT molecular complexity index is 723. The molecule has 1 aromatic carbocycles. The molecule has 2 aromatic rings. The van der Waals surface area contributed by atoms with Gasteiger partial charge in [-0.3, -0.25) is 10.1 Å². The molecule has 0 spiro atoms. The Morgan fingerprint density at radius 1 is 1.38 bits per heavy atom. The number of benzene rings is 1. The Morgan fingerprint density at radius 3 is 2.83 bits per heavy atom. The lowest BCUT2D eigenvalue weighted by atomic mass is 10.1. The third-order valence-corrected chi connectivity index (χ3v) is 3.76. The summed E-state index contributed by atoms with van der Waals surface area (Å²) in [6, 6.07) is 5.07. The fraction of sp³-hybridized carbons (Fsp3) is 0.385. The number of hydrogen-bond donors (Lipinski definition) is 2. The van der Waals surface area contributed by atoms with Crippen LogP contribution in [0.5, 0.6) is 0 Å². The maximum Gasteiger partial charge on any atom is 0.293 e. The molecule has 1 aliphatic rings. The summed E-state index contributed by atoms with van der Waals surface area (Å²) in [6.45, 7) is 3.30. The lowest BCUT2D eigenvalue weighted by Crippen LogP contribution is -2.44. The maximum absolute atomic E-state index is 11.4. The second-order valence-electron chi connectivity index (χ2n) is 5.40. The Labute approximate surface area is 137 Å². The second kappa shape index (κ2) is 7.00. The SMILES string of the molecule is CN1CCN(c2ccc(C=NNc3nn[nH]n3)cc2[N+](=O)[O-])CC1. The van der Waals surface area contributed by atoms with Crippen molar-refractivity contribution in [1.82, 2.24) is 25.5 Å². The van der Waals surface area contributed by atoms with Gasteiger partial charge >= 0.3 is 0 Å². The van der Waals surface area contributed by atoms with Crippen LogP contribution in [0.2, 0.25) is 0 Å². The fourth-order valence-corrected chi connectivity index (χ4v) is 2.46. The number of piperazine rings is 1. The summed E-state index contributed by atoms with van der Waals surface area (Å²) in [7, 11) is 2.04. The highest BCUT2D eigenvalue weighted by atomic mass is 16.6. The van der Waals surface area contributed by atoms with Crippen LogP contribution in [0.1, 0.15) is 5.56 Å². The Balaban J connectivity index is 1.77. The van der Waals surface area contributed by atoms with E-state index in [1.165, 1.54) is 12.3 Å². The molecule has 2 heterocycles. The number of nitro groups is 1. The lowest BCUT2D eigenvalue weighted by molar-refractivity contribution is -0.384. The minimum absolute atomic E-state index is 0.0723. The predicted octanol–water partition coefficient (Wildman–Crippen LogP) is 0.306. The van der Waals surface area contributed by atoms with Gasteiger partial charge in [0.05, 0.1) is 11.1 Å². The molecule has 0 amide bonds. The minimum atomic E-state index is -0.363. The highest BCUT2D eigenvalue weighted by Crippen LogP contribution is 2.29. The van der Waals surface area contributed by atoms with Crippen molar-refractivity contribution in [3.05, 3.63) is 33.9 Å². The van der Waals surface area contributed by atoms with Gasteiger partial charge in [-0.1, -0.05) is 11.2 Å². The number of nitrogens with zero attached hydrogens (tertiary/aromatic N) is 7. The van der Waals surface area contributed by atoms with Crippen molar-refractivity contribution in [1.29, 1.82) is 0 Å². The van der Waals surface area contributed by atoms with Crippen LogP contribution >= 0.6 is 0 Å². The van der Waals surface area contributed by atoms with Crippen molar-refractivity contribution in [3.8, 4) is 0 Å². The molecule has 0 unspecified atom stereocenters. The first kappa shape index (κ1) is 15.8. The van der Waals surface area contributed by atoms with Gasteiger partial charge in [-0.15, -0.1) is 5.10 Å². The molecular formula is C13H17N9O2. The highest BCUT2D eigenvalue weighted by Gasteiger charge is 2.22. The van der Waals surface area contributed by atoms with Gasteiger partial charge in [-0.25, -0.2) is 5.43 Å². The largest absolute Gasteiger partial charge is 0.363 e. The molecule has 3 rings (SSSR count). The van der Waals surface area contributed by atoms with Crippen LogP contribution in [-0.4, -0.2) is 69.9 Å². The van der Waals surface area contributed by atoms with Crippen LogP contribution in [0.4, 0.5) is 17.3 Å². The number of tetrazole rings is 1. The first-order chi connectivity index (χ1) is 11.6. The van der Waals surface area contributed by atoms with Gasteiger partial charge in [0.25, 0.3) is 11.6 Å².